The molecular formula is C14H30N2O. The summed E-state index contributed by atoms with van der Waals surface area (Å²) in [4.78, 5) is 12.1. The molecule has 0 aliphatic carbocycles. The highest BCUT2D eigenvalue weighted by molar-refractivity contribution is 5.85. The molecule has 2 unspecified atom stereocenters. The van der Waals surface area contributed by atoms with Crippen molar-refractivity contribution in [2.75, 3.05) is 13.1 Å². The molecule has 1 amide bonds. The van der Waals surface area contributed by atoms with Gasteiger partial charge in [0.05, 0.1) is 5.54 Å². The molecule has 0 radical (unpaired) electrons. The van der Waals surface area contributed by atoms with Crippen molar-refractivity contribution in [3.05, 3.63) is 0 Å². The predicted octanol–water partition coefficient (Wildman–Crippen LogP) is 2.56. The lowest BCUT2D eigenvalue weighted by Crippen LogP contribution is -2.56. The summed E-state index contributed by atoms with van der Waals surface area (Å²) in [6.07, 6.45) is 2.01. The first-order valence-corrected chi connectivity index (χ1v) is 6.89. The molecule has 0 bridgehead atoms. The van der Waals surface area contributed by atoms with E-state index in [2.05, 4.69) is 38.3 Å². The van der Waals surface area contributed by atoms with E-state index in [1.165, 1.54) is 0 Å². The van der Waals surface area contributed by atoms with Crippen molar-refractivity contribution in [3.8, 4) is 0 Å². The number of carbonyl (C=O) groups is 1. The highest BCUT2D eigenvalue weighted by Gasteiger charge is 2.33. The summed E-state index contributed by atoms with van der Waals surface area (Å²) in [5.74, 6) is 1.24. The van der Waals surface area contributed by atoms with Crippen LogP contribution in [-0.2, 0) is 4.79 Å². The molecule has 0 saturated heterocycles. The molecule has 17 heavy (non-hydrogen) atoms. The van der Waals surface area contributed by atoms with Gasteiger partial charge in [-0.3, -0.25) is 4.79 Å². The zero-order valence-electron chi connectivity index (χ0n) is 12.4. The Balaban J connectivity index is 4.54. The van der Waals surface area contributed by atoms with Crippen LogP contribution in [0, 0.1) is 11.8 Å². The van der Waals surface area contributed by atoms with E-state index in [1.807, 2.05) is 13.8 Å². The van der Waals surface area contributed by atoms with Gasteiger partial charge in [0.25, 0.3) is 0 Å². The van der Waals surface area contributed by atoms with Crippen molar-refractivity contribution in [2.45, 2.75) is 59.9 Å². The summed E-state index contributed by atoms with van der Waals surface area (Å²) in [7, 11) is 0. The van der Waals surface area contributed by atoms with Gasteiger partial charge in [0.1, 0.15) is 0 Å². The van der Waals surface area contributed by atoms with Crippen molar-refractivity contribution < 1.29 is 4.79 Å². The summed E-state index contributed by atoms with van der Waals surface area (Å²) >= 11 is 0. The van der Waals surface area contributed by atoms with Crippen molar-refractivity contribution in [1.82, 2.24) is 10.6 Å². The number of hydrogen-bond donors (Lipinski definition) is 2. The maximum absolute atomic E-state index is 12.1. The lowest BCUT2D eigenvalue weighted by molar-refractivity contribution is -0.127. The maximum atomic E-state index is 12.1. The van der Waals surface area contributed by atoms with Crippen molar-refractivity contribution in [1.29, 1.82) is 0 Å². The average molecular weight is 242 g/mol. The lowest BCUT2D eigenvalue weighted by Gasteiger charge is -2.32. The Morgan fingerprint density at radius 2 is 1.82 bits per heavy atom. The van der Waals surface area contributed by atoms with Crippen LogP contribution < -0.4 is 10.6 Å². The van der Waals surface area contributed by atoms with Gasteiger partial charge in [0.15, 0.2) is 0 Å². The van der Waals surface area contributed by atoms with E-state index in [0.717, 1.165) is 19.4 Å². The number of likely N-dealkylation sites (N-methyl/N-ethyl adjacent to an activating group) is 1. The largest absolute Gasteiger partial charge is 0.355 e. The van der Waals surface area contributed by atoms with E-state index in [-0.39, 0.29) is 5.91 Å². The third kappa shape index (κ3) is 6.06. The first kappa shape index (κ1) is 16.4. The first-order chi connectivity index (χ1) is 7.85. The second-order valence-corrected chi connectivity index (χ2v) is 5.68. The fourth-order valence-corrected chi connectivity index (χ4v) is 1.96. The third-order valence-electron chi connectivity index (χ3n) is 3.19. The van der Waals surface area contributed by atoms with Gasteiger partial charge in [0.2, 0.25) is 5.91 Å². The van der Waals surface area contributed by atoms with Gasteiger partial charge >= 0.3 is 0 Å². The normalized spacial score (nSPS) is 16.6. The molecule has 3 heteroatoms. The quantitative estimate of drug-likeness (QED) is 0.687. The lowest BCUT2D eigenvalue weighted by atomic mass is 9.89. The molecule has 0 fully saturated rings. The minimum Gasteiger partial charge on any atom is -0.355 e. The van der Waals surface area contributed by atoms with Crippen LogP contribution in [0.3, 0.4) is 0 Å². The summed E-state index contributed by atoms with van der Waals surface area (Å²) in [6, 6.07) is 0. The molecular weight excluding hydrogens is 212 g/mol. The van der Waals surface area contributed by atoms with Gasteiger partial charge in [0, 0.05) is 6.54 Å². The van der Waals surface area contributed by atoms with Crippen LogP contribution in [0.15, 0.2) is 0 Å². The molecule has 2 atom stereocenters. The monoisotopic (exact) mass is 242 g/mol. The highest BCUT2D eigenvalue weighted by atomic mass is 16.2. The van der Waals surface area contributed by atoms with Gasteiger partial charge in [-0.05, 0) is 38.6 Å². The molecule has 0 aromatic carbocycles. The molecule has 102 valence electrons. The van der Waals surface area contributed by atoms with Crippen molar-refractivity contribution >= 4 is 5.91 Å². The van der Waals surface area contributed by atoms with Crippen LogP contribution in [-0.4, -0.2) is 24.5 Å². The average Bonchev–Trinajstić information content (AvgIpc) is 2.25. The van der Waals surface area contributed by atoms with Gasteiger partial charge in [-0.15, -0.1) is 0 Å². The zero-order chi connectivity index (χ0) is 13.5. The molecule has 0 aliphatic heterocycles. The molecule has 2 N–H and O–H groups in total. The summed E-state index contributed by atoms with van der Waals surface area (Å²) < 4.78 is 0. The Kier molecular flexibility index (Phi) is 7.44. The fourth-order valence-electron chi connectivity index (χ4n) is 1.96. The zero-order valence-corrected chi connectivity index (χ0v) is 12.4. The SMILES string of the molecule is CCNC(=O)C(C)(CC(C)C)NCC(C)CC. The minimum atomic E-state index is -0.437. The van der Waals surface area contributed by atoms with E-state index < -0.39 is 5.54 Å². The van der Waals surface area contributed by atoms with Crippen LogP contribution in [0.4, 0.5) is 0 Å². The van der Waals surface area contributed by atoms with E-state index in [9.17, 15) is 4.79 Å². The van der Waals surface area contributed by atoms with Crippen LogP contribution in [0.2, 0.25) is 0 Å². The number of hydrogen-bond acceptors (Lipinski definition) is 2. The van der Waals surface area contributed by atoms with E-state index >= 15 is 0 Å². The molecule has 0 saturated carbocycles. The number of rotatable bonds is 8. The molecule has 0 aromatic rings. The minimum absolute atomic E-state index is 0.122. The smallest absolute Gasteiger partial charge is 0.240 e. The summed E-state index contributed by atoms with van der Waals surface area (Å²) in [6.45, 7) is 14.3. The van der Waals surface area contributed by atoms with Crippen LogP contribution in [0.25, 0.3) is 0 Å². The molecule has 0 aliphatic rings. The highest BCUT2D eigenvalue weighted by Crippen LogP contribution is 2.17. The maximum Gasteiger partial charge on any atom is 0.240 e. The Hall–Kier alpha value is -0.570. The van der Waals surface area contributed by atoms with Gasteiger partial charge in [-0.2, -0.15) is 0 Å². The van der Waals surface area contributed by atoms with E-state index in [4.69, 9.17) is 0 Å². The summed E-state index contributed by atoms with van der Waals surface area (Å²) in [5.41, 5.74) is -0.437. The van der Waals surface area contributed by atoms with Gasteiger partial charge < -0.3 is 10.6 Å². The summed E-state index contributed by atoms with van der Waals surface area (Å²) in [5, 5.41) is 6.38. The molecule has 0 aromatic heterocycles. The van der Waals surface area contributed by atoms with Crippen LogP contribution in [0.1, 0.15) is 54.4 Å². The molecule has 0 spiro atoms. The number of nitrogens with one attached hydrogen (secondary N) is 2. The number of carbonyl (C=O) groups excluding carboxylic acids is 1. The second kappa shape index (κ2) is 7.70. The Morgan fingerprint density at radius 1 is 1.24 bits per heavy atom. The Labute approximate surface area is 107 Å². The Morgan fingerprint density at radius 3 is 2.24 bits per heavy atom. The van der Waals surface area contributed by atoms with Crippen LogP contribution in [0.5, 0.6) is 0 Å². The van der Waals surface area contributed by atoms with E-state index in [1.54, 1.807) is 0 Å². The molecule has 0 rings (SSSR count). The second-order valence-electron chi connectivity index (χ2n) is 5.68. The van der Waals surface area contributed by atoms with E-state index in [0.29, 0.717) is 18.4 Å². The first-order valence-electron chi connectivity index (χ1n) is 6.89. The molecule has 3 nitrogen and oxygen atoms in total. The molecule has 0 heterocycles. The fraction of sp³-hybridized carbons (Fsp3) is 0.929. The van der Waals surface area contributed by atoms with Crippen molar-refractivity contribution in [3.63, 3.8) is 0 Å². The standard InChI is InChI=1S/C14H30N2O/c1-7-12(5)10-16-14(6,9-11(3)4)13(17)15-8-2/h11-12,16H,7-10H2,1-6H3,(H,15,17). The van der Waals surface area contributed by atoms with Gasteiger partial charge in [-0.1, -0.05) is 34.1 Å². The van der Waals surface area contributed by atoms with Crippen LogP contribution >= 0.6 is 0 Å². The Bertz CT molecular complexity index is 228. The topological polar surface area (TPSA) is 41.1 Å². The third-order valence-corrected chi connectivity index (χ3v) is 3.19. The number of amides is 1. The predicted molar refractivity (Wildman–Crippen MR) is 74.0 cm³/mol. The van der Waals surface area contributed by atoms with Gasteiger partial charge in [-0.25, -0.2) is 0 Å². The van der Waals surface area contributed by atoms with Crippen molar-refractivity contribution in [2.24, 2.45) is 11.8 Å².